The van der Waals surface area contributed by atoms with Crippen LogP contribution in [0, 0.1) is 0 Å². The number of anilines is 1. The van der Waals surface area contributed by atoms with Gasteiger partial charge in [0.15, 0.2) is 0 Å². The molecular weight excluding hydrogens is 410 g/mol. The van der Waals surface area contributed by atoms with Gasteiger partial charge in [0.25, 0.3) is 10.0 Å². The van der Waals surface area contributed by atoms with Crippen LogP contribution in [0.2, 0.25) is 0 Å². The van der Waals surface area contributed by atoms with Gasteiger partial charge in [-0.1, -0.05) is 18.2 Å². The average Bonchev–Trinajstić information content (AvgIpc) is 3.26. The second kappa shape index (κ2) is 10.1. The van der Waals surface area contributed by atoms with Crippen molar-refractivity contribution in [1.29, 1.82) is 0 Å². The number of hydrogen-bond acceptors (Lipinski definition) is 6. The molecule has 3 rings (SSSR count). The molecule has 0 spiro atoms. The van der Waals surface area contributed by atoms with Gasteiger partial charge in [0.2, 0.25) is 5.91 Å². The molecule has 152 valence electrons. The highest BCUT2D eigenvalue weighted by Gasteiger charge is 2.27. The molecule has 2 heterocycles. The molecule has 0 aliphatic heterocycles. The summed E-state index contributed by atoms with van der Waals surface area (Å²) in [5.41, 5.74) is 0.332. The summed E-state index contributed by atoms with van der Waals surface area (Å²) < 4.78 is 32.5. The fourth-order valence-electron chi connectivity index (χ4n) is 2.55. The molecule has 0 fully saturated rings. The van der Waals surface area contributed by atoms with Crippen LogP contribution in [0.4, 0.5) is 5.69 Å². The molecule has 0 bridgehead atoms. The highest BCUT2D eigenvalue weighted by atomic mass is 32.2. The predicted octanol–water partition coefficient (Wildman–Crippen LogP) is 2.92. The van der Waals surface area contributed by atoms with E-state index >= 15 is 0 Å². The van der Waals surface area contributed by atoms with E-state index in [0.29, 0.717) is 23.7 Å². The van der Waals surface area contributed by atoms with Crippen LogP contribution in [0.1, 0.15) is 5.76 Å². The fraction of sp³-hybridized carbons (Fsp3) is 0.200. The van der Waals surface area contributed by atoms with Gasteiger partial charge in [-0.3, -0.25) is 14.1 Å². The van der Waals surface area contributed by atoms with E-state index in [1.165, 1.54) is 18.3 Å². The number of amides is 1. The minimum atomic E-state index is -3.90. The highest BCUT2D eigenvalue weighted by Crippen LogP contribution is 2.22. The molecule has 3 aromatic rings. The molecule has 0 atom stereocenters. The van der Waals surface area contributed by atoms with Crippen LogP contribution < -0.4 is 9.62 Å². The van der Waals surface area contributed by atoms with E-state index in [1.54, 1.807) is 54.6 Å². The van der Waals surface area contributed by atoms with E-state index < -0.39 is 10.0 Å². The van der Waals surface area contributed by atoms with Crippen LogP contribution >= 0.6 is 11.8 Å². The van der Waals surface area contributed by atoms with Gasteiger partial charge < -0.3 is 9.73 Å². The zero-order valence-electron chi connectivity index (χ0n) is 15.6. The molecule has 1 aromatic carbocycles. The van der Waals surface area contributed by atoms with Gasteiger partial charge in [0.05, 0.1) is 28.8 Å². The van der Waals surface area contributed by atoms with Gasteiger partial charge in [-0.05, 0) is 36.4 Å². The number of carbonyl (C=O) groups excluding carboxylic acids is 1. The Hall–Kier alpha value is -2.78. The van der Waals surface area contributed by atoms with Gasteiger partial charge in [-0.2, -0.15) is 11.8 Å². The molecule has 1 amide bonds. The Labute approximate surface area is 174 Å². The van der Waals surface area contributed by atoms with E-state index in [1.807, 2.05) is 12.1 Å². The Morgan fingerprint density at radius 3 is 2.62 bits per heavy atom. The minimum absolute atomic E-state index is 0.116. The molecule has 0 aliphatic carbocycles. The normalized spacial score (nSPS) is 11.2. The SMILES string of the molecule is O=C(CN(c1cccnc1)S(=O)(=O)c1ccccc1)NCCSCc1ccco1. The first kappa shape index (κ1) is 20.9. The van der Waals surface area contributed by atoms with E-state index in [0.717, 1.165) is 10.1 Å². The monoisotopic (exact) mass is 431 g/mol. The van der Waals surface area contributed by atoms with Crippen LogP contribution in [-0.2, 0) is 20.6 Å². The maximum atomic E-state index is 13.1. The molecular formula is C20H21N3O4S2. The van der Waals surface area contributed by atoms with Gasteiger partial charge >= 0.3 is 0 Å². The second-order valence-electron chi connectivity index (χ2n) is 6.02. The summed E-state index contributed by atoms with van der Waals surface area (Å²) in [6.45, 7) is 0.0994. The zero-order valence-corrected chi connectivity index (χ0v) is 17.2. The number of sulfonamides is 1. The molecule has 2 aromatic heterocycles. The molecule has 0 saturated carbocycles. The van der Waals surface area contributed by atoms with Crippen molar-refractivity contribution in [2.24, 2.45) is 0 Å². The maximum absolute atomic E-state index is 13.1. The number of furan rings is 1. The van der Waals surface area contributed by atoms with E-state index in [9.17, 15) is 13.2 Å². The molecule has 9 heteroatoms. The van der Waals surface area contributed by atoms with Crippen molar-refractivity contribution >= 4 is 33.4 Å². The number of benzene rings is 1. The van der Waals surface area contributed by atoms with Crippen LogP contribution in [0.5, 0.6) is 0 Å². The topological polar surface area (TPSA) is 92.5 Å². The summed E-state index contributed by atoms with van der Waals surface area (Å²) >= 11 is 1.62. The van der Waals surface area contributed by atoms with Crippen molar-refractivity contribution in [3.05, 3.63) is 79.0 Å². The average molecular weight is 432 g/mol. The van der Waals surface area contributed by atoms with Crippen LogP contribution in [-0.4, -0.2) is 38.2 Å². The summed E-state index contributed by atoms with van der Waals surface area (Å²) in [5.74, 6) is 1.89. The largest absolute Gasteiger partial charge is 0.468 e. The first-order valence-corrected chi connectivity index (χ1v) is 11.5. The molecule has 7 nitrogen and oxygen atoms in total. The van der Waals surface area contributed by atoms with Crippen LogP contribution in [0.15, 0.2) is 82.6 Å². The van der Waals surface area contributed by atoms with Gasteiger partial charge in [0, 0.05) is 18.5 Å². The second-order valence-corrected chi connectivity index (χ2v) is 8.99. The van der Waals surface area contributed by atoms with Gasteiger partial charge in [-0.25, -0.2) is 8.42 Å². The Morgan fingerprint density at radius 1 is 1.10 bits per heavy atom. The third-order valence-corrected chi connectivity index (χ3v) is 6.71. The van der Waals surface area contributed by atoms with E-state index in [-0.39, 0.29) is 17.3 Å². The van der Waals surface area contributed by atoms with Crippen molar-refractivity contribution < 1.29 is 17.6 Å². The quantitative estimate of drug-likeness (QED) is 0.496. The zero-order chi connectivity index (χ0) is 20.5. The third kappa shape index (κ3) is 5.85. The third-order valence-electron chi connectivity index (χ3n) is 3.95. The lowest BCUT2D eigenvalue weighted by Gasteiger charge is -2.23. The summed E-state index contributed by atoms with van der Waals surface area (Å²) in [6.07, 6.45) is 4.60. The van der Waals surface area contributed by atoms with Gasteiger partial charge in [0.1, 0.15) is 12.3 Å². The number of nitrogens with one attached hydrogen (secondary N) is 1. The number of thioether (sulfide) groups is 1. The molecule has 0 radical (unpaired) electrons. The molecule has 0 unspecified atom stereocenters. The number of pyridine rings is 1. The number of rotatable bonds is 10. The van der Waals surface area contributed by atoms with Crippen LogP contribution in [0.25, 0.3) is 0 Å². The lowest BCUT2D eigenvalue weighted by atomic mass is 10.4. The van der Waals surface area contributed by atoms with Crippen molar-refractivity contribution in [2.45, 2.75) is 10.6 Å². The highest BCUT2D eigenvalue weighted by molar-refractivity contribution is 7.98. The first-order valence-electron chi connectivity index (χ1n) is 8.92. The first-order chi connectivity index (χ1) is 14.1. The Balaban J connectivity index is 1.62. The standard InChI is InChI=1S/C20H21N3O4S2/c24-20(22-11-13-28-16-18-7-5-12-27-18)15-23(17-6-4-10-21-14-17)29(25,26)19-8-2-1-3-9-19/h1-10,12,14H,11,13,15-16H2,(H,22,24). The Kier molecular flexibility index (Phi) is 7.31. The van der Waals surface area contributed by atoms with Crippen molar-refractivity contribution in [1.82, 2.24) is 10.3 Å². The number of carbonyl (C=O) groups is 1. The minimum Gasteiger partial charge on any atom is -0.468 e. The lowest BCUT2D eigenvalue weighted by molar-refractivity contribution is -0.119. The molecule has 1 N–H and O–H groups in total. The number of hydrogen-bond donors (Lipinski definition) is 1. The number of nitrogens with zero attached hydrogens (tertiary/aromatic N) is 2. The smallest absolute Gasteiger partial charge is 0.264 e. The van der Waals surface area contributed by atoms with E-state index in [2.05, 4.69) is 10.3 Å². The summed E-state index contributed by atoms with van der Waals surface area (Å²) in [5, 5.41) is 2.77. The Bertz CT molecular complexity index is 995. The predicted molar refractivity (Wildman–Crippen MR) is 113 cm³/mol. The van der Waals surface area contributed by atoms with Crippen molar-refractivity contribution in [2.75, 3.05) is 23.1 Å². The summed E-state index contributed by atoms with van der Waals surface area (Å²) in [7, 11) is -3.90. The molecule has 0 aliphatic rings. The summed E-state index contributed by atoms with van der Waals surface area (Å²) in [6, 6.07) is 15.0. The molecule has 0 saturated heterocycles. The van der Waals surface area contributed by atoms with Gasteiger partial charge in [-0.15, -0.1) is 0 Å². The molecule has 29 heavy (non-hydrogen) atoms. The van der Waals surface area contributed by atoms with Crippen molar-refractivity contribution in [3.63, 3.8) is 0 Å². The fourth-order valence-corrected chi connectivity index (χ4v) is 4.74. The number of aromatic nitrogens is 1. The lowest BCUT2D eigenvalue weighted by Crippen LogP contribution is -2.41. The van der Waals surface area contributed by atoms with Crippen molar-refractivity contribution in [3.8, 4) is 0 Å². The summed E-state index contributed by atoms with van der Waals surface area (Å²) in [4.78, 5) is 16.5. The van der Waals surface area contributed by atoms with E-state index in [4.69, 9.17) is 4.42 Å². The van der Waals surface area contributed by atoms with Crippen LogP contribution in [0.3, 0.4) is 0 Å². The Morgan fingerprint density at radius 2 is 1.93 bits per heavy atom. The maximum Gasteiger partial charge on any atom is 0.264 e.